The highest BCUT2D eigenvalue weighted by Gasteiger charge is 2.09. The van der Waals surface area contributed by atoms with Gasteiger partial charge in [0.15, 0.2) is 11.5 Å². The number of hydrogen-bond acceptors (Lipinski definition) is 4. The molecule has 0 radical (unpaired) electrons. The molecule has 0 spiro atoms. The van der Waals surface area contributed by atoms with Crippen molar-refractivity contribution in [2.45, 2.75) is 19.8 Å². The first-order valence-electron chi connectivity index (χ1n) is 8.02. The van der Waals surface area contributed by atoms with Crippen LogP contribution in [0.2, 0.25) is 0 Å². The monoisotopic (exact) mass is 329 g/mol. The molecule has 0 heterocycles. The molecular weight excluding hydrogens is 306 g/mol. The molecule has 2 aromatic carbocycles. The maximum atomic E-state index is 12.1. The molecule has 0 aliphatic rings. The van der Waals surface area contributed by atoms with Gasteiger partial charge in [-0.05, 0) is 30.7 Å². The molecule has 0 aliphatic carbocycles. The number of hydrogen-bond donors (Lipinski definition) is 1. The zero-order valence-electron chi connectivity index (χ0n) is 14.1. The predicted octanol–water partition coefficient (Wildman–Crippen LogP) is 3.89. The van der Waals surface area contributed by atoms with Gasteiger partial charge in [-0.3, -0.25) is 4.79 Å². The molecular formula is C19H23NO4. The van der Waals surface area contributed by atoms with Gasteiger partial charge in [-0.2, -0.15) is 0 Å². The van der Waals surface area contributed by atoms with Gasteiger partial charge in [-0.15, -0.1) is 0 Å². The summed E-state index contributed by atoms with van der Waals surface area (Å²) in [5.74, 6) is 1.83. The first-order valence-corrected chi connectivity index (χ1v) is 8.02. The van der Waals surface area contributed by atoms with Crippen LogP contribution in [0.25, 0.3) is 0 Å². The van der Waals surface area contributed by atoms with Crippen molar-refractivity contribution in [2.75, 3.05) is 25.6 Å². The molecule has 0 saturated heterocycles. The highest BCUT2D eigenvalue weighted by molar-refractivity contribution is 5.92. The Morgan fingerprint density at radius 1 is 0.917 bits per heavy atom. The molecule has 2 rings (SSSR count). The quantitative estimate of drug-likeness (QED) is 0.758. The van der Waals surface area contributed by atoms with Crippen molar-refractivity contribution in [2.24, 2.45) is 0 Å². The Hall–Kier alpha value is -2.69. The van der Waals surface area contributed by atoms with E-state index in [0.717, 1.165) is 6.42 Å². The highest BCUT2D eigenvalue weighted by atomic mass is 16.5. The second-order valence-corrected chi connectivity index (χ2v) is 5.14. The summed E-state index contributed by atoms with van der Waals surface area (Å²) < 4.78 is 16.5. The summed E-state index contributed by atoms with van der Waals surface area (Å²) in [7, 11) is 1.59. The Kier molecular flexibility index (Phi) is 6.95. The lowest BCUT2D eigenvalue weighted by Crippen LogP contribution is -2.16. The van der Waals surface area contributed by atoms with Crippen molar-refractivity contribution >= 4 is 11.6 Å². The number of nitrogens with one attached hydrogen (secondary N) is 1. The van der Waals surface area contributed by atoms with Gasteiger partial charge in [0.1, 0.15) is 5.75 Å². The average Bonchev–Trinajstić information content (AvgIpc) is 2.61. The molecule has 0 bridgehead atoms. The fraction of sp³-hybridized carbons (Fsp3) is 0.316. The summed E-state index contributed by atoms with van der Waals surface area (Å²) in [5.41, 5.74) is 0.674. The molecule has 0 aliphatic heterocycles. The number of methoxy groups -OCH3 is 1. The molecule has 5 nitrogen and oxygen atoms in total. The van der Waals surface area contributed by atoms with Gasteiger partial charge in [0.05, 0.1) is 32.4 Å². The predicted molar refractivity (Wildman–Crippen MR) is 94.0 cm³/mol. The fourth-order valence-corrected chi connectivity index (χ4v) is 2.11. The zero-order valence-corrected chi connectivity index (χ0v) is 14.1. The molecule has 0 aromatic heterocycles. The van der Waals surface area contributed by atoms with E-state index >= 15 is 0 Å². The van der Waals surface area contributed by atoms with Gasteiger partial charge in [0, 0.05) is 0 Å². The van der Waals surface area contributed by atoms with Crippen molar-refractivity contribution in [3.05, 3.63) is 48.5 Å². The Bertz CT molecular complexity index is 657. The summed E-state index contributed by atoms with van der Waals surface area (Å²) in [6, 6.07) is 14.8. The Labute approximate surface area is 142 Å². The van der Waals surface area contributed by atoms with E-state index < -0.39 is 0 Å². The second-order valence-electron chi connectivity index (χ2n) is 5.14. The van der Waals surface area contributed by atoms with Crippen LogP contribution in [0, 0.1) is 0 Å². The van der Waals surface area contributed by atoms with E-state index in [-0.39, 0.29) is 18.9 Å². The van der Waals surface area contributed by atoms with E-state index in [1.165, 1.54) is 0 Å². The minimum absolute atomic E-state index is 0.127. The number of carbonyl (C=O) groups is 1. The number of carbonyl (C=O) groups excluding carboxylic acids is 1. The van der Waals surface area contributed by atoms with Crippen LogP contribution in [0.4, 0.5) is 5.69 Å². The van der Waals surface area contributed by atoms with Gasteiger partial charge in [-0.25, -0.2) is 0 Å². The third-order valence-electron chi connectivity index (χ3n) is 3.28. The maximum absolute atomic E-state index is 12.1. The third-order valence-corrected chi connectivity index (χ3v) is 3.28. The van der Waals surface area contributed by atoms with E-state index in [1.54, 1.807) is 7.11 Å². The van der Waals surface area contributed by atoms with E-state index in [0.29, 0.717) is 29.5 Å². The minimum atomic E-state index is -0.127. The Balaban J connectivity index is 1.85. The lowest BCUT2D eigenvalue weighted by molar-refractivity contribution is -0.116. The maximum Gasteiger partial charge on any atom is 0.227 e. The van der Waals surface area contributed by atoms with Crippen molar-refractivity contribution in [3.63, 3.8) is 0 Å². The summed E-state index contributed by atoms with van der Waals surface area (Å²) in [6.45, 7) is 2.92. The first-order chi connectivity index (χ1) is 11.7. The zero-order chi connectivity index (χ0) is 17.2. The molecule has 128 valence electrons. The van der Waals surface area contributed by atoms with Crippen LogP contribution in [0.15, 0.2) is 48.5 Å². The lowest BCUT2D eigenvalue weighted by atomic mass is 10.2. The highest BCUT2D eigenvalue weighted by Crippen LogP contribution is 2.26. The number of ether oxygens (including phenoxy) is 3. The van der Waals surface area contributed by atoms with Gasteiger partial charge in [0.2, 0.25) is 5.91 Å². The normalized spacial score (nSPS) is 10.1. The molecule has 5 heteroatoms. The number of anilines is 1. The average molecular weight is 329 g/mol. The Morgan fingerprint density at radius 2 is 1.54 bits per heavy atom. The minimum Gasteiger partial charge on any atom is -0.493 e. The molecule has 1 amide bonds. The summed E-state index contributed by atoms with van der Waals surface area (Å²) >= 11 is 0. The van der Waals surface area contributed by atoms with Crippen LogP contribution < -0.4 is 19.5 Å². The molecule has 1 N–H and O–H groups in total. The lowest BCUT2D eigenvalue weighted by Gasteiger charge is -2.13. The number of benzene rings is 2. The molecule has 0 fully saturated rings. The van der Waals surface area contributed by atoms with E-state index in [1.807, 2.05) is 55.5 Å². The van der Waals surface area contributed by atoms with Crippen LogP contribution in [-0.4, -0.2) is 26.2 Å². The number of rotatable bonds is 9. The van der Waals surface area contributed by atoms with Crippen LogP contribution in [0.1, 0.15) is 19.8 Å². The van der Waals surface area contributed by atoms with Gasteiger partial charge in [0.25, 0.3) is 0 Å². The second kappa shape index (κ2) is 9.45. The van der Waals surface area contributed by atoms with Crippen LogP contribution in [0.5, 0.6) is 17.2 Å². The summed E-state index contributed by atoms with van der Waals surface area (Å²) in [5, 5.41) is 2.86. The third kappa shape index (κ3) is 5.19. The van der Waals surface area contributed by atoms with Crippen LogP contribution in [-0.2, 0) is 4.79 Å². The summed E-state index contributed by atoms with van der Waals surface area (Å²) in [4.78, 5) is 12.1. The smallest absolute Gasteiger partial charge is 0.227 e. The fourth-order valence-electron chi connectivity index (χ4n) is 2.11. The van der Waals surface area contributed by atoms with Crippen molar-refractivity contribution in [3.8, 4) is 17.2 Å². The largest absolute Gasteiger partial charge is 0.493 e. The molecule has 0 unspecified atom stereocenters. The topological polar surface area (TPSA) is 56.8 Å². The first kappa shape index (κ1) is 17.7. The van der Waals surface area contributed by atoms with Crippen molar-refractivity contribution < 1.29 is 19.0 Å². The van der Waals surface area contributed by atoms with Gasteiger partial charge < -0.3 is 19.5 Å². The summed E-state index contributed by atoms with van der Waals surface area (Å²) in [6.07, 6.45) is 1.15. The van der Waals surface area contributed by atoms with Crippen molar-refractivity contribution in [1.29, 1.82) is 0 Å². The van der Waals surface area contributed by atoms with Gasteiger partial charge >= 0.3 is 0 Å². The Morgan fingerprint density at radius 3 is 2.25 bits per heavy atom. The molecule has 24 heavy (non-hydrogen) atoms. The van der Waals surface area contributed by atoms with E-state index in [4.69, 9.17) is 14.2 Å². The van der Waals surface area contributed by atoms with Crippen LogP contribution in [0.3, 0.4) is 0 Å². The van der Waals surface area contributed by atoms with E-state index in [9.17, 15) is 4.79 Å². The van der Waals surface area contributed by atoms with E-state index in [2.05, 4.69) is 5.32 Å². The SMILES string of the molecule is CCCOc1ccccc1NC(=O)CCOc1ccccc1OC. The molecule has 2 aromatic rings. The van der Waals surface area contributed by atoms with Crippen LogP contribution >= 0.6 is 0 Å². The number of amides is 1. The van der Waals surface area contributed by atoms with Gasteiger partial charge in [-0.1, -0.05) is 31.2 Å². The molecule has 0 atom stereocenters. The molecule has 0 saturated carbocycles. The van der Waals surface area contributed by atoms with Crippen molar-refractivity contribution in [1.82, 2.24) is 0 Å². The standard InChI is InChI=1S/C19H23NO4/c1-3-13-23-16-9-5-4-8-15(16)20-19(21)12-14-24-18-11-7-6-10-17(18)22-2/h4-11H,3,12-14H2,1-2H3,(H,20,21). The number of para-hydroxylation sites is 4.